The summed E-state index contributed by atoms with van der Waals surface area (Å²) in [5.74, 6) is 0.429. The summed E-state index contributed by atoms with van der Waals surface area (Å²) in [5.41, 5.74) is 7.09. The average molecular weight is 414 g/mol. The van der Waals surface area contributed by atoms with Crippen molar-refractivity contribution >= 4 is 17.2 Å². The van der Waals surface area contributed by atoms with Crippen molar-refractivity contribution in [2.45, 2.75) is 52.8 Å². The molecule has 1 aliphatic rings. The van der Waals surface area contributed by atoms with E-state index in [9.17, 15) is 0 Å². The van der Waals surface area contributed by atoms with E-state index in [2.05, 4.69) is 64.5 Å². The van der Waals surface area contributed by atoms with Crippen LogP contribution < -0.4 is 4.57 Å². The second-order valence-corrected chi connectivity index (χ2v) is 8.92. The molecule has 2 aromatic heterocycles. The molecule has 0 fully saturated rings. The topological polar surface area (TPSA) is 26.6 Å². The van der Waals surface area contributed by atoms with Crippen LogP contribution >= 0.6 is 0 Å². The largest absolute Gasteiger partial charge is 0.302 e. The fourth-order valence-electron chi connectivity index (χ4n) is 4.75. The van der Waals surface area contributed by atoms with E-state index in [0.29, 0.717) is 0 Å². The molecule has 0 saturated carbocycles. The molecule has 2 aromatic carbocycles. The average Bonchev–Trinajstić information content (AvgIpc) is 3.41. The maximum absolute atomic E-state index is 8.89. The summed E-state index contributed by atoms with van der Waals surface area (Å²) in [6, 6.07) is 10.3. The molecule has 4 aromatic rings. The van der Waals surface area contributed by atoms with Crippen LogP contribution in [0.3, 0.4) is 0 Å². The standard InChI is InChI=1S/C27H31N4/c1-17(2)20-9-7-10-21(18(3)4)25(20)31-16-15-29(6)27(31)24-19(5)12-13-22-26(24)30-14-8-11-23(30)28-22/h7-10,12-18H,11H2,1-6H3/q+1/i17D,18D. The molecule has 5 rings (SSSR count). The zero-order chi connectivity index (χ0) is 23.7. The number of aryl methyl sites for hydroxylation is 2. The van der Waals surface area contributed by atoms with Crippen LogP contribution in [0.4, 0.5) is 0 Å². The lowest BCUT2D eigenvalue weighted by Crippen LogP contribution is -2.29. The van der Waals surface area contributed by atoms with Crippen molar-refractivity contribution < 1.29 is 7.31 Å². The molecule has 158 valence electrons. The summed E-state index contributed by atoms with van der Waals surface area (Å²) in [7, 11) is 2.06. The number of allylic oxidation sites excluding steroid dienone is 1. The Bertz CT molecular complexity index is 1390. The molecule has 0 spiro atoms. The van der Waals surface area contributed by atoms with Crippen LogP contribution in [-0.4, -0.2) is 14.1 Å². The van der Waals surface area contributed by atoms with Gasteiger partial charge in [-0.2, -0.15) is 4.57 Å². The SMILES string of the molecule is [2H]C(C)(C)c1cccc(C([2H])(C)C)c1-n1cc[n+](C)c1-c1c(C)ccc2nc3n(c12)C=CC3. The first-order chi connectivity index (χ1) is 15.5. The molecular weight excluding hydrogens is 380 g/mol. The second-order valence-electron chi connectivity index (χ2n) is 8.92. The monoisotopic (exact) mass is 413 g/mol. The van der Waals surface area contributed by atoms with Crippen LogP contribution in [0.25, 0.3) is 34.3 Å². The predicted octanol–water partition coefficient (Wildman–Crippen LogP) is 5.90. The first kappa shape index (κ1) is 17.5. The number of benzene rings is 2. The van der Waals surface area contributed by atoms with Crippen LogP contribution in [0.2, 0.25) is 0 Å². The molecule has 0 amide bonds. The van der Waals surface area contributed by atoms with Gasteiger partial charge in [-0.3, -0.25) is 0 Å². The number of aromatic nitrogens is 4. The lowest BCUT2D eigenvalue weighted by Gasteiger charge is -2.18. The van der Waals surface area contributed by atoms with Gasteiger partial charge in [0.25, 0.3) is 5.82 Å². The van der Waals surface area contributed by atoms with Gasteiger partial charge in [-0.15, -0.1) is 0 Å². The summed E-state index contributed by atoms with van der Waals surface area (Å²) >= 11 is 0. The lowest BCUT2D eigenvalue weighted by atomic mass is 9.92. The van der Waals surface area contributed by atoms with Crippen LogP contribution in [0.15, 0.2) is 48.8 Å². The van der Waals surface area contributed by atoms with Gasteiger partial charge in [-0.1, -0.05) is 58.0 Å². The Morgan fingerprint density at radius 3 is 2.45 bits per heavy atom. The van der Waals surface area contributed by atoms with Crippen molar-refractivity contribution in [1.82, 2.24) is 14.1 Å². The third-order valence-electron chi connectivity index (χ3n) is 6.27. The van der Waals surface area contributed by atoms with E-state index >= 15 is 0 Å². The van der Waals surface area contributed by atoms with E-state index in [4.69, 9.17) is 7.73 Å². The maximum Gasteiger partial charge on any atom is 0.296 e. The highest BCUT2D eigenvalue weighted by molar-refractivity contribution is 5.94. The van der Waals surface area contributed by atoms with Crippen LogP contribution in [0.1, 0.15) is 64.7 Å². The molecule has 1 aliphatic heterocycles. The van der Waals surface area contributed by atoms with Crippen molar-refractivity contribution in [3.8, 4) is 17.1 Å². The van der Waals surface area contributed by atoms with Gasteiger partial charge in [-0.05, 0) is 30.3 Å². The van der Waals surface area contributed by atoms with Gasteiger partial charge >= 0.3 is 0 Å². The van der Waals surface area contributed by atoms with Gasteiger partial charge in [0.1, 0.15) is 23.9 Å². The quantitative estimate of drug-likeness (QED) is 0.383. The van der Waals surface area contributed by atoms with Crippen LogP contribution in [0, 0.1) is 6.92 Å². The van der Waals surface area contributed by atoms with Gasteiger partial charge in [0.2, 0.25) is 0 Å². The van der Waals surface area contributed by atoms with Crippen molar-refractivity contribution in [3.05, 3.63) is 71.3 Å². The number of hydrogen-bond donors (Lipinski definition) is 0. The molecule has 0 saturated heterocycles. The highest BCUT2D eigenvalue weighted by Gasteiger charge is 2.30. The third kappa shape index (κ3) is 2.96. The highest BCUT2D eigenvalue weighted by Crippen LogP contribution is 2.37. The molecule has 4 nitrogen and oxygen atoms in total. The summed E-state index contributed by atoms with van der Waals surface area (Å²) in [6.45, 7) is 9.79. The summed E-state index contributed by atoms with van der Waals surface area (Å²) in [6.07, 6.45) is 9.21. The normalized spacial score (nSPS) is 14.8. The zero-order valence-corrected chi connectivity index (χ0v) is 19.2. The maximum atomic E-state index is 8.89. The van der Waals surface area contributed by atoms with Gasteiger partial charge in [0.15, 0.2) is 0 Å². The molecular formula is C27H31N4+. The molecule has 0 unspecified atom stereocenters. The Morgan fingerprint density at radius 1 is 1.06 bits per heavy atom. The summed E-state index contributed by atoms with van der Waals surface area (Å²) in [4.78, 5) is 4.87. The second kappa shape index (κ2) is 7.23. The van der Waals surface area contributed by atoms with E-state index in [1.165, 1.54) is 0 Å². The van der Waals surface area contributed by atoms with Crippen LogP contribution in [0.5, 0.6) is 0 Å². The van der Waals surface area contributed by atoms with E-state index < -0.39 is 11.8 Å². The zero-order valence-electron chi connectivity index (χ0n) is 21.2. The van der Waals surface area contributed by atoms with E-state index in [1.54, 1.807) is 0 Å². The molecule has 4 heteroatoms. The fourth-order valence-corrected chi connectivity index (χ4v) is 4.75. The Hall–Kier alpha value is -3.14. The first-order valence-electron chi connectivity index (χ1n) is 11.9. The number of imidazole rings is 2. The molecule has 0 radical (unpaired) electrons. The summed E-state index contributed by atoms with van der Waals surface area (Å²) < 4.78 is 24.3. The fraction of sp³-hybridized carbons (Fsp3) is 0.333. The Balaban J connectivity index is 1.91. The smallest absolute Gasteiger partial charge is 0.296 e. The number of rotatable bonds is 4. The number of nitrogens with zero attached hydrogens (tertiary/aromatic N) is 4. The van der Waals surface area contributed by atoms with Gasteiger partial charge in [-0.25, -0.2) is 9.55 Å². The van der Waals surface area contributed by atoms with Crippen molar-refractivity contribution in [2.75, 3.05) is 0 Å². The predicted molar refractivity (Wildman–Crippen MR) is 128 cm³/mol. The highest BCUT2D eigenvalue weighted by atomic mass is 15.2. The molecule has 31 heavy (non-hydrogen) atoms. The van der Waals surface area contributed by atoms with Gasteiger partial charge in [0.05, 0.1) is 23.6 Å². The van der Waals surface area contributed by atoms with E-state index in [0.717, 1.165) is 57.0 Å². The van der Waals surface area contributed by atoms with Gasteiger partial charge in [0, 0.05) is 26.5 Å². The Kier molecular flexibility index (Phi) is 4.09. The number of fused-ring (bicyclic) bond motifs is 3. The van der Waals surface area contributed by atoms with Crippen LogP contribution in [-0.2, 0) is 13.5 Å². The minimum absolute atomic E-state index is 0.821. The van der Waals surface area contributed by atoms with Crippen molar-refractivity contribution in [3.63, 3.8) is 0 Å². The van der Waals surface area contributed by atoms with Crippen molar-refractivity contribution in [1.29, 1.82) is 0 Å². The minimum Gasteiger partial charge on any atom is -0.302 e. The molecule has 0 aliphatic carbocycles. The lowest BCUT2D eigenvalue weighted by molar-refractivity contribution is -0.659. The first-order valence-corrected chi connectivity index (χ1v) is 10.9. The summed E-state index contributed by atoms with van der Waals surface area (Å²) in [5, 5.41) is 0. The Labute approximate surface area is 187 Å². The van der Waals surface area contributed by atoms with E-state index in [-0.39, 0.29) is 0 Å². The van der Waals surface area contributed by atoms with Crippen molar-refractivity contribution in [2.24, 2.45) is 7.05 Å². The van der Waals surface area contributed by atoms with Gasteiger partial charge < -0.3 is 4.57 Å². The minimum atomic E-state index is -0.821. The molecule has 0 bridgehead atoms. The number of para-hydroxylation sites is 1. The van der Waals surface area contributed by atoms with E-state index in [1.807, 2.05) is 45.9 Å². The Morgan fingerprint density at radius 2 is 1.77 bits per heavy atom. The number of hydrogen-bond acceptors (Lipinski definition) is 1. The molecule has 0 N–H and O–H groups in total. The molecule has 3 heterocycles. The molecule has 0 atom stereocenters. The third-order valence-corrected chi connectivity index (χ3v) is 6.27.